The minimum Gasteiger partial charge on any atom is -0.337 e. The highest BCUT2D eigenvalue weighted by atomic mass is 19.4. The van der Waals surface area contributed by atoms with Gasteiger partial charge in [-0.3, -0.25) is 4.90 Å². The molecule has 0 aliphatic carbocycles. The Morgan fingerprint density at radius 2 is 2.05 bits per heavy atom. The van der Waals surface area contributed by atoms with Crippen LogP contribution in [0.15, 0.2) is 12.4 Å². The lowest BCUT2D eigenvalue weighted by Crippen LogP contribution is -2.45. The molecule has 1 saturated heterocycles. The Bertz CT molecular complexity index is 394. The van der Waals surface area contributed by atoms with Crippen LogP contribution in [0.25, 0.3) is 0 Å². The number of alkyl halides is 3. The Morgan fingerprint density at radius 3 is 2.58 bits per heavy atom. The smallest absolute Gasteiger partial charge is 0.337 e. The summed E-state index contributed by atoms with van der Waals surface area (Å²) in [5.74, 6) is 0.942. The van der Waals surface area contributed by atoms with Gasteiger partial charge in [-0.1, -0.05) is 0 Å². The van der Waals surface area contributed by atoms with Gasteiger partial charge in [-0.15, -0.1) is 0 Å². The van der Waals surface area contributed by atoms with E-state index in [9.17, 15) is 13.2 Å². The van der Waals surface area contributed by atoms with Crippen LogP contribution in [0.4, 0.5) is 13.2 Å². The largest absolute Gasteiger partial charge is 0.401 e. The van der Waals surface area contributed by atoms with E-state index >= 15 is 0 Å². The van der Waals surface area contributed by atoms with Gasteiger partial charge in [0.15, 0.2) is 0 Å². The molecule has 2 rings (SSSR count). The summed E-state index contributed by atoms with van der Waals surface area (Å²) >= 11 is 0. The average molecular weight is 276 g/mol. The maximum Gasteiger partial charge on any atom is 0.401 e. The molecule has 0 atom stereocenters. The monoisotopic (exact) mass is 276 g/mol. The third kappa shape index (κ3) is 4.50. The molecule has 7 heteroatoms. The Labute approximate surface area is 110 Å². The molecule has 1 aromatic heterocycles. The lowest BCUT2D eigenvalue weighted by Gasteiger charge is -2.32. The third-order valence-electron chi connectivity index (χ3n) is 3.46. The molecule has 4 nitrogen and oxygen atoms in total. The molecule has 1 fully saturated rings. The van der Waals surface area contributed by atoms with E-state index in [1.165, 1.54) is 4.90 Å². The summed E-state index contributed by atoms with van der Waals surface area (Å²) in [4.78, 5) is 5.68. The van der Waals surface area contributed by atoms with Crippen molar-refractivity contribution in [2.45, 2.75) is 31.6 Å². The number of aromatic nitrogens is 2. The van der Waals surface area contributed by atoms with Crippen LogP contribution in [-0.2, 0) is 13.6 Å². The molecule has 0 amide bonds. The molecule has 1 aliphatic rings. The fourth-order valence-electron chi connectivity index (χ4n) is 2.35. The quantitative estimate of drug-likeness (QED) is 0.905. The maximum absolute atomic E-state index is 12.2. The van der Waals surface area contributed by atoms with Crippen LogP contribution in [0, 0.1) is 0 Å². The topological polar surface area (TPSA) is 33.1 Å². The number of hydrogen-bond acceptors (Lipinski definition) is 3. The highest BCUT2D eigenvalue weighted by molar-refractivity contribution is 4.91. The lowest BCUT2D eigenvalue weighted by atomic mass is 10.1. The van der Waals surface area contributed by atoms with E-state index in [1.54, 1.807) is 6.20 Å². The number of likely N-dealkylation sites (tertiary alicyclic amines) is 1. The molecule has 0 unspecified atom stereocenters. The highest BCUT2D eigenvalue weighted by Gasteiger charge is 2.32. The van der Waals surface area contributed by atoms with Gasteiger partial charge < -0.3 is 9.88 Å². The van der Waals surface area contributed by atoms with Gasteiger partial charge in [-0.25, -0.2) is 4.98 Å². The second-order valence-corrected chi connectivity index (χ2v) is 5.00. The third-order valence-corrected chi connectivity index (χ3v) is 3.46. The lowest BCUT2D eigenvalue weighted by molar-refractivity contribution is -0.148. The zero-order valence-electron chi connectivity index (χ0n) is 11.0. The Hall–Kier alpha value is -1.08. The van der Waals surface area contributed by atoms with Crippen LogP contribution in [0.5, 0.6) is 0 Å². The summed E-state index contributed by atoms with van der Waals surface area (Å²) in [7, 11) is 1.93. The van der Waals surface area contributed by atoms with Crippen LogP contribution in [0.2, 0.25) is 0 Å². The summed E-state index contributed by atoms with van der Waals surface area (Å²) in [5, 5.41) is 3.36. The number of imidazole rings is 1. The molecule has 0 saturated carbocycles. The summed E-state index contributed by atoms with van der Waals surface area (Å²) in [6.07, 6.45) is 1.03. The predicted octanol–water partition coefficient (Wildman–Crippen LogP) is 1.54. The van der Waals surface area contributed by atoms with Crippen molar-refractivity contribution in [3.05, 3.63) is 18.2 Å². The van der Waals surface area contributed by atoms with Crippen molar-refractivity contribution in [1.82, 2.24) is 19.8 Å². The molecule has 0 radical (unpaired) electrons. The Morgan fingerprint density at radius 1 is 1.37 bits per heavy atom. The van der Waals surface area contributed by atoms with E-state index in [0.29, 0.717) is 19.6 Å². The number of piperidine rings is 1. The first-order chi connectivity index (χ1) is 8.94. The van der Waals surface area contributed by atoms with E-state index in [1.807, 2.05) is 17.8 Å². The van der Waals surface area contributed by atoms with E-state index in [4.69, 9.17) is 0 Å². The molecular weight excluding hydrogens is 257 g/mol. The number of halogens is 3. The maximum atomic E-state index is 12.2. The van der Waals surface area contributed by atoms with Gasteiger partial charge in [0.25, 0.3) is 0 Å². The molecule has 2 heterocycles. The van der Waals surface area contributed by atoms with Gasteiger partial charge in [0.2, 0.25) is 0 Å². The molecule has 19 heavy (non-hydrogen) atoms. The molecule has 1 aromatic rings. The second kappa shape index (κ2) is 5.92. The van der Waals surface area contributed by atoms with Crippen molar-refractivity contribution < 1.29 is 13.2 Å². The Balaban J connectivity index is 1.70. The van der Waals surface area contributed by atoms with Crippen molar-refractivity contribution in [3.8, 4) is 0 Å². The van der Waals surface area contributed by atoms with Crippen molar-refractivity contribution in [2.24, 2.45) is 7.05 Å². The number of hydrogen-bond donors (Lipinski definition) is 1. The fraction of sp³-hybridized carbons (Fsp3) is 0.750. The van der Waals surface area contributed by atoms with Crippen LogP contribution < -0.4 is 5.32 Å². The zero-order chi connectivity index (χ0) is 13.9. The fourth-order valence-corrected chi connectivity index (χ4v) is 2.35. The first-order valence-electron chi connectivity index (χ1n) is 6.43. The first-order valence-corrected chi connectivity index (χ1v) is 6.43. The highest BCUT2D eigenvalue weighted by Crippen LogP contribution is 2.19. The summed E-state index contributed by atoms with van der Waals surface area (Å²) in [6.45, 7) is 0.863. The molecule has 0 bridgehead atoms. The van der Waals surface area contributed by atoms with E-state index in [0.717, 1.165) is 18.7 Å². The number of rotatable bonds is 4. The molecule has 1 aliphatic heterocycles. The minimum atomic E-state index is -4.09. The molecule has 0 spiro atoms. The summed E-state index contributed by atoms with van der Waals surface area (Å²) in [6, 6.07) is 0.279. The predicted molar refractivity (Wildman–Crippen MR) is 65.6 cm³/mol. The van der Waals surface area contributed by atoms with Gasteiger partial charge in [0.1, 0.15) is 5.82 Å². The number of nitrogens with one attached hydrogen (secondary N) is 1. The number of aryl methyl sites for hydroxylation is 1. The second-order valence-electron chi connectivity index (χ2n) is 5.00. The summed E-state index contributed by atoms with van der Waals surface area (Å²) in [5.41, 5.74) is 0. The molecular formula is C12H19F3N4. The van der Waals surface area contributed by atoms with Crippen LogP contribution in [0.1, 0.15) is 18.7 Å². The zero-order valence-corrected chi connectivity index (χ0v) is 11.0. The molecule has 0 aromatic carbocycles. The van der Waals surface area contributed by atoms with Crippen LogP contribution in [-0.4, -0.2) is 46.3 Å². The van der Waals surface area contributed by atoms with E-state index in [-0.39, 0.29) is 6.04 Å². The van der Waals surface area contributed by atoms with Crippen LogP contribution in [0.3, 0.4) is 0 Å². The van der Waals surface area contributed by atoms with Crippen molar-refractivity contribution in [1.29, 1.82) is 0 Å². The average Bonchev–Trinajstić information content (AvgIpc) is 2.72. The van der Waals surface area contributed by atoms with Crippen molar-refractivity contribution in [3.63, 3.8) is 0 Å². The Kier molecular flexibility index (Phi) is 4.46. The normalized spacial score (nSPS) is 18.9. The van der Waals surface area contributed by atoms with Gasteiger partial charge in [-0.05, 0) is 25.9 Å². The van der Waals surface area contributed by atoms with E-state index < -0.39 is 12.7 Å². The van der Waals surface area contributed by atoms with Gasteiger partial charge in [-0.2, -0.15) is 13.2 Å². The van der Waals surface area contributed by atoms with E-state index in [2.05, 4.69) is 10.3 Å². The number of nitrogens with zero attached hydrogens (tertiary/aromatic N) is 3. The SMILES string of the molecule is Cn1ccnc1CNC1CCN(CC(F)(F)F)CC1. The molecule has 108 valence electrons. The van der Waals surface area contributed by atoms with Crippen LogP contribution >= 0.6 is 0 Å². The standard InChI is InChI=1S/C12H19F3N4/c1-18-7-4-16-11(18)8-17-10-2-5-19(6-3-10)9-12(13,14)15/h4,7,10,17H,2-3,5-6,8-9H2,1H3. The van der Waals surface area contributed by atoms with Gasteiger partial charge >= 0.3 is 6.18 Å². The molecule has 1 N–H and O–H groups in total. The first kappa shape index (κ1) is 14.3. The summed E-state index contributed by atoms with van der Waals surface area (Å²) < 4.78 is 38.7. The van der Waals surface area contributed by atoms with Gasteiger partial charge in [0.05, 0.1) is 13.1 Å². The van der Waals surface area contributed by atoms with Gasteiger partial charge in [0, 0.05) is 25.5 Å². The van der Waals surface area contributed by atoms with Crippen molar-refractivity contribution in [2.75, 3.05) is 19.6 Å². The minimum absolute atomic E-state index is 0.279. The van der Waals surface area contributed by atoms with Crippen molar-refractivity contribution >= 4 is 0 Å².